The van der Waals surface area contributed by atoms with E-state index in [9.17, 15) is 31.9 Å². The van der Waals surface area contributed by atoms with Crippen LogP contribution in [-0.2, 0) is 14.4 Å². The number of rotatable bonds is 8. The Morgan fingerprint density at radius 3 is 2.49 bits per heavy atom. The van der Waals surface area contributed by atoms with Crippen molar-refractivity contribution < 1.29 is 41.4 Å². The Hall–Kier alpha value is -5.01. The van der Waals surface area contributed by atoms with E-state index in [0.717, 1.165) is 22.1 Å². The number of nitrogens with zero attached hydrogens (tertiary/aromatic N) is 3. The number of carbonyl (C=O) groups excluding carboxylic acids is 3. The number of halogens is 4. The molecule has 0 unspecified atom stereocenters. The second kappa shape index (κ2) is 11.7. The standard InChI is InChI=1S/C29H25F4N5O5/c1-3-19(15(2)39)20-8-16(17-6-7-35-36-12-17)4-5-22(20)34-13-27(40)38-14-18(30)9-24(38)28(41)37-23-11-26-25(10-21(23)31)42-29(32,33)43-26/h3-8,10-12,18,24,34H,9,13-14H2,1-2H3,(H,37,41)/b19-3-/t18-,24+/m1/s1. The van der Waals surface area contributed by atoms with Crippen molar-refractivity contribution in [3.8, 4) is 22.6 Å². The molecule has 10 nitrogen and oxygen atoms in total. The van der Waals surface area contributed by atoms with Crippen LogP contribution in [0.3, 0.4) is 0 Å². The highest BCUT2D eigenvalue weighted by Crippen LogP contribution is 2.43. The lowest BCUT2D eigenvalue weighted by atomic mass is 9.96. The van der Waals surface area contributed by atoms with Crippen molar-refractivity contribution in [1.82, 2.24) is 15.1 Å². The molecule has 3 aromatic rings. The zero-order valence-corrected chi connectivity index (χ0v) is 22.9. The number of ketones is 1. The summed E-state index contributed by atoms with van der Waals surface area (Å²) in [5.41, 5.74) is 2.35. The Labute approximate surface area is 242 Å². The minimum absolute atomic E-state index is 0.210. The third-order valence-electron chi connectivity index (χ3n) is 6.95. The molecule has 2 aliphatic rings. The molecule has 5 rings (SSSR count). The maximum Gasteiger partial charge on any atom is 0.586 e. The Morgan fingerprint density at radius 1 is 1.07 bits per heavy atom. The summed E-state index contributed by atoms with van der Waals surface area (Å²) in [7, 11) is 0. The number of benzene rings is 2. The van der Waals surface area contributed by atoms with Crippen LogP contribution in [0.25, 0.3) is 16.7 Å². The van der Waals surface area contributed by atoms with Crippen LogP contribution in [0.4, 0.5) is 28.9 Å². The van der Waals surface area contributed by atoms with Crippen LogP contribution in [0.5, 0.6) is 11.5 Å². The summed E-state index contributed by atoms with van der Waals surface area (Å²) >= 11 is 0. The molecule has 14 heteroatoms. The summed E-state index contributed by atoms with van der Waals surface area (Å²) < 4.78 is 64.1. The van der Waals surface area contributed by atoms with Gasteiger partial charge in [0.25, 0.3) is 0 Å². The van der Waals surface area contributed by atoms with E-state index in [1.165, 1.54) is 13.1 Å². The first-order chi connectivity index (χ1) is 20.5. The molecule has 2 aliphatic heterocycles. The number of allylic oxidation sites excluding steroid dienone is 2. The fourth-order valence-corrected chi connectivity index (χ4v) is 4.98. The summed E-state index contributed by atoms with van der Waals surface area (Å²) in [5.74, 6) is -3.90. The minimum atomic E-state index is -3.99. The van der Waals surface area contributed by atoms with Crippen molar-refractivity contribution in [2.75, 3.05) is 23.7 Å². The van der Waals surface area contributed by atoms with E-state index in [0.29, 0.717) is 22.9 Å². The molecule has 2 aromatic carbocycles. The highest BCUT2D eigenvalue weighted by Gasteiger charge is 2.44. The van der Waals surface area contributed by atoms with E-state index in [-0.39, 0.29) is 25.3 Å². The number of anilines is 2. The van der Waals surface area contributed by atoms with Gasteiger partial charge >= 0.3 is 6.29 Å². The van der Waals surface area contributed by atoms with Gasteiger partial charge in [0, 0.05) is 40.9 Å². The normalized spacial score (nSPS) is 18.8. The van der Waals surface area contributed by atoms with Crippen LogP contribution in [0.2, 0.25) is 0 Å². The van der Waals surface area contributed by atoms with Gasteiger partial charge in [-0.1, -0.05) is 12.1 Å². The molecule has 224 valence electrons. The second-order valence-corrected chi connectivity index (χ2v) is 9.83. The van der Waals surface area contributed by atoms with Crippen molar-refractivity contribution in [1.29, 1.82) is 0 Å². The van der Waals surface area contributed by atoms with Crippen LogP contribution < -0.4 is 20.1 Å². The molecular weight excluding hydrogens is 574 g/mol. The average Bonchev–Trinajstić information content (AvgIpc) is 3.50. The van der Waals surface area contributed by atoms with Crippen molar-refractivity contribution in [2.45, 2.75) is 38.8 Å². The number of fused-ring (bicyclic) bond motifs is 1. The Morgan fingerprint density at radius 2 is 1.81 bits per heavy atom. The van der Waals surface area contributed by atoms with Crippen LogP contribution in [0, 0.1) is 5.82 Å². The van der Waals surface area contributed by atoms with Crippen LogP contribution >= 0.6 is 0 Å². The van der Waals surface area contributed by atoms with Crippen LogP contribution in [-0.4, -0.2) is 64.3 Å². The number of hydrogen-bond donors (Lipinski definition) is 2. The third kappa shape index (κ3) is 6.27. The van der Waals surface area contributed by atoms with Crippen molar-refractivity contribution in [2.24, 2.45) is 0 Å². The summed E-state index contributed by atoms with van der Waals surface area (Å²) in [6.45, 7) is 2.37. The van der Waals surface area contributed by atoms with E-state index in [1.807, 2.05) is 0 Å². The van der Waals surface area contributed by atoms with Gasteiger partial charge in [-0.25, -0.2) is 8.78 Å². The predicted octanol–water partition coefficient (Wildman–Crippen LogP) is 4.59. The highest BCUT2D eigenvalue weighted by atomic mass is 19.3. The SMILES string of the molecule is C/C=C(/C(C)=O)c1cc(-c2ccnnc2)ccc1NCC(=O)N1C[C@H](F)C[C@H]1C(=O)Nc1cc2c(cc1F)OC(F)(F)O2. The van der Waals surface area contributed by atoms with Gasteiger partial charge in [-0.15, -0.1) is 8.78 Å². The lowest BCUT2D eigenvalue weighted by molar-refractivity contribution is -0.286. The van der Waals surface area contributed by atoms with Gasteiger partial charge in [-0.05, 0) is 37.6 Å². The lowest BCUT2D eigenvalue weighted by Gasteiger charge is -2.24. The molecule has 0 saturated carbocycles. The van der Waals surface area contributed by atoms with E-state index in [4.69, 9.17) is 0 Å². The van der Waals surface area contributed by atoms with E-state index in [2.05, 4.69) is 30.3 Å². The van der Waals surface area contributed by atoms with E-state index >= 15 is 0 Å². The van der Waals surface area contributed by atoms with Gasteiger partial charge in [0.05, 0.1) is 31.2 Å². The Bertz CT molecular complexity index is 1620. The molecule has 1 fully saturated rings. The van der Waals surface area contributed by atoms with Crippen molar-refractivity contribution in [3.63, 3.8) is 0 Å². The zero-order valence-electron chi connectivity index (χ0n) is 22.9. The molecule has 1 aromatic heterocycles. The largest absolute Gasteiger partial charge is 0.586 e. The Balaban J connectivity index is 1.32. The number of nitrogens with one attached hydrogen (secondary N) is 2. The quantitative estimate of drug-likeness (QED) is 0.285. The average molecular weight is 600 g/mol. The molecule has 0 aliphatic carbocycles. The van der Waals surface area contributed by atoms with Crippen molar-refractivity contribution >= 4 is 34.5 Å². The van der Waals surface area contributed by atoms with Crippen molar-refractivity contribution in [3.05, 3.63) is 66.2 Å². The molecule has 43 heavy (non-hydrogen) atoms. The third-order valence-corrected chi connectivity index (χ3v) is 6.95. The second-order valence-electron chi connectivity index (χ2n) is 9.83. The number of Topliss-reactive ketones (excluding diaryl/α,β-unsaturated/α-hetero) is 1. The van der Waals surface area contributed by atoms with E-state index < -0.39 is 53.3 Å². The van der Waals surface area contributed by atoms with Gasteiger partial charge in [-0.2, -0.15) is 10.2 Å². The Kier molecular flexibility index (Phi) is 8.02. The summed E-state index contributed by atoms with van der Waals surface area (Å²) in [4.78, 5) is 39.7. The highest BCUT2D eigenvalue weighted by molar-refractivity contribution is 6.21. The number of alkyl halides is 3. The molecule has 3 heterocycles. The predicted molar refractivity (Wildman–Crippen MR) is 147 cm³/mol. The number of likely N-dealkylation sites (tertiary alicyclic amines) is 1. The first kappa shape index (κ1) is 29.5. The summed E-state index contributed by atoms with van der Waals surface area (Å²) in [6.07, 6.45) is -1.14. The smallest absolute Gasteiger partial charge is 0.395 e. The maximum absolute atomic E-state index is 14.5. The first-order valence-corrected chi connectivity index (χ1v) is 13.1. The number of amides is 2. The zero-order chi connectivity index (χ0) is 30.9. The summed E-state index contributed by atoms with van der Waals surface area (Å²) in [6, 6.07) is 7.10. The first-order valence-electron chi connectivity index (χ1n) is 13.1. The minimum Gasteiger partial charge on any atom is -0.395 e. The topological polar surface area (TPSA) is 123 Å². The molecule has 2 atom stereocenters. The van der Waals surface area contributed by atoms with E-state index in [1.54, 1.807) is 43.5 Å². The van der Waals surface area contributed by atoms with Crippen LogP contribution in [0.1, 0.15) is 25.8 Å². The van der Waals surface area contributed by atoms with Gasteiger partial charge in [0.1, 0.15) is 12.2 Å². The van der Waals surface area contributed by atoms with Gasteiger partial charge in [0.2, 0.25) is 11.8 Å². The van der Waals surface area contributed by atoms with Crippen LogP contribution in [0.15, 0.2) is 54.9 Å². The summed E-state index contributed by atoms with van der Waals surface area (Å²) in [5, 5.41) is 12.8. The maximum atomic E-state index is 14.5. The number of hydrogen-bond acceptors (Lipinski definition) is 8. The molecule has 2 amide bonds. The molecule has 0 radical (unpaired) electrons. The fraction of sp³-hybridized carbons (Fsp3) is 0.276. The van der Waals surface area contributed by atoms with Gasteiger partial charge in [-0.3, -0.25) is 14.4 Å². The lowest BCUT2D eigenvalue weighted by Crippen LogP contribution is -2.45. The molecule has 0 bridgehead atoms. The molecule has 0 spiro atoms. The number of ether oxygens (including phenoxy) is 2. The molecular formula is C29H25F4N5O5. The fourth-order valence-electron chi connectivity index (χ4n) is 4.98. The monoisotopic (exact) mass is 599 g/mol. The number of carbonyl (C=O) groups is 3. The number of aromatic nitrogens is 2. The molecule has 1 saturated heterocycles. The van der Waals surface area contributed by atoms with Gasteiger partial charge < -0.3 is 25.0 Å². The molecule has 2 N–H and O–H groups in total. The van der Waals surface area contributed by atoms with Gasteiger partial charge in [0.15, 0.2) is 23.1 Å².